The normalized spacial score (nSPS) is 14.8. The van der Waals surface area contributed by atoms with Crippen molar-refractivity contribution in [2.75, 3.05) is 32.6 Å². The monoisotopic (exact) mass is 474 g/mol. The van der Waals surface area contributed by atoms with Gasteiger partial charge in [-0.15, -0.1) is 0 Å². The number of hydrogen-bond donors (Lipinski definition) is 1. The summed E-state index contributed by atoms with van der Waals surface area (Å²) < 4.78 is 37.3. The lowest BCUT2D eigenvalue weighted by Crippen LogP contribution is -2.31. The molecule has 2 aromatic carbocycles. The van der Waals surface area contributed by atoms with Crippen LogP contribution < -0.4 is 10.1 Å². The van der Waals surface area contributed by atoms with E-state index in [1.165, 1.54) is 20.3 Å². The van der Waals surface area contributed by atoms with Crippen LogP contribution in [-0.4, -0.2) is 51.9 Å². The molecule has 33 heavy (non-hydrogen) atoms. The van der Waals surface area contributed by atoms with E-state index < -0.39 is 16.0 Å². The van der Waals surface area contributed by atoms with Crippen LogP contribution in [0.1, 0.15) is 48.0 Å². The molecule has 1 heterocycles. The zero-order valence-electron chi connectivity index (χ0n) is 19.0. The fourth-order valence-electron chi connectivity index (χ4n) is 3.77. The third kappa shape index (κ3) is 6.33. The lowest BCUT2D eigenvalue weighted by atomic mass is 10.1. The molecule has 1 aliphatic heterocycles. The zero-order valence-corrected chi connectivity index (χ0v) is 19.8. The third-order valence-electron chi connectivity index (χ3n) is 5.67. The highest BCUT2D eigenvalue weighted by molar-refractivity contribution is 7.89. The van der Waals surface area contributed by atoms with Gasteiger partial charge in [0.1, 0.15) is 5.75 Å². The van der Waals surface area contributed by atoms with Crippen molar-refractivity contribution in [3.63, 3.8) is 0 Å². The minimum Gasteiger partial charge on any atom is -0.497 e. The predicted octanol–water partition coefficient (Wildman–Crippen LogP) is 3.62. The van der Waals surface area contributed by atoms with Crippen LogP contribution in [0.15, 0.2) is 47.4 Å². The van der Waals surface area contributed by atoms with Crippen LogP contribution in [-0.2, 0) is 26.0 Å². The summed E-state index contributed by atoms with van der Waals surface area (Å²) in [7, 11) is -0.742. The second-order valence-corrected chi connectivity index (χ2v) is 9.85. The molecule has 0 saturated carbocycles. The first kappa shape index (κ1) is 24.7. The highest BCUT2D eigenvalue weighted by Gasteiger charge is 2.25. The van der Waals surface area contributed by atoms with Gasteiger partial charge in [0.25, 0.3) is 0 Å². The molecule has 1 aliphatic rings. The van der Waals surface area contributed by atoms with Gasteiger partial charge in [0, 0.05) is 19.5 Å². The van der Waals surface area contributed by atoms with Crippen molar-refractivity contribution in [1.29, 1.82) is 0 Å². The number of methoxy groups -OCH3 is 2. The number of rotatable bonds is 8. The molecule has 0 atom stereocenters. The summed E-state index contributed by atoms with van der Waals surface area (Å²) >= 11 is 0. The molecule has 1 fully saturated rings. The number of carbonyl (C=O) groups excluding carboxylic acids is 2. The Balaban J connectivity index is 1.61. The first-order chi connectivity index (χ1) is 15.8. The number of esters is 1. The van der Waals surface area contributed by atoms with Gasteiger partial charge in [-0.05, 0) is 55.2 Å². The molecule has 0 unspecified atom stereocenters. The number of sulfonamides is 1. The molecular formula is C24H30N2O6S. The van der Waals surface area contributed by atoms with Crippen LogP contribution in [0, 0.1) is 0 Å². The average molecular weight is 475 g/mol. The van der Waals surface area contributed by atoms with E-state index in [4.69, 9.17) is 9.47 Å². The molecular weight excluding hydrogens is 444 g/mol. The fraction of sp³-hybridized carbons (Fsp3) is 0.417. The van der Waals surface area contributed by atoms with Gasteiger partial charge in [0.05, 0.1) is 30.4 Å². The van der Waals surface area contributed by atoms with Crippen LogP contribution in [0.25, 0.3) is 0 Å². The molecule has 3 rings (SSSR count). The first-order valence-electron chi connectivity index (χ1n) is 11.0. The fourth-order valence-corrected chi connectivity index (χ4v) is 5.29. The molecule has 1 amide bonds. The molecule has 1 saturated heterocycles. The topological polar surface area (TPSA) is 102 Å². The molecule has 178 valence electrons. The van der Waals surface area contributed by atoms with Crippen LogP contribution in [0.4, 0.5) is 5.69 Å². The first-order valence-corrected chi connectivity index (χ1v) is 12.4. The lowest BCUT2D eigenvalue weighted by Gasteiger charge is -2.20. The molecule has 2 aromatic rings. The van der Waals surface area contributed by atoms with E-state index in [0.29, 0.717) is 30.9 Å². The summed E-state index contributed by atoms with van der Waals surface area (Å²) in [6, 6.07) is 11.4. The molecule has 8 nitrogen and oxygen atoms in total. The maximum absolute atomic E-state index is 12.9. The molecule has 1 N–H and O–H groups in total. The van der Waals surface area contributed by atoms with Crippen molar-refractivity contribution in [1.82, 2.24) is 4.31 Å². The van der Waals surface area contributed by atoms with Crippen molar-refractivity contribution < 1.29 is 27.5 Å². The van der Waals surface area contributed by atoms with Crippen LogP contribution in [0.2, 0.25) is 0 Å². The minimum absolute atomic E-state index is 0.171. The standard InChI is InChI=1S/C24H30N2O6S/c1-31-19-10-13-22(21(17-19)24(28)32-2)25-23(27)14-9-18-7-11-20(12-8-18)33(29,30)26-15-5-3-4-6-16-26/h7-8,10-13,17H,3-6,9,14-16H2,1-2H3,(H,25,27). The van der Waals surface area contributed by atoms with Crippen molar-refractivity contribution in [2.45, 2.75) is 43.4 Å². The van der Waals surface area contributed by atoms with Crippen molar-refractivity contribution >= 4 is 27.6 Å². The Labute approximate surface area is 194 Å². The van der Waals surface area contributed by atoms with E-state index in [2.05, 4.69) is 5.32 Å². The van der Waals surface area contributed by atoms with Gasteiger partial charge in [0.2, 0.25) is 15.9 Å². The van der Waals surface area contributed by atoms with Gasteiger partial charge in [-0.1, -0.05) is 25.0 Å². The number of aryl methyl sites for hydroxylation is 1. The van der Waals surface area contributed by atoms with Crippen LogP contribution >= 0.6 is 0 Å². The largest absolute Gasteiger partial charge is 0.497 e. The summed E-state index contributed by atoms with van der Waals surface area (Å²) in [5.41, 5.74) is 1.39. The Morgan fingerprint density at radius 2 is 1.64 bits per heavy atom. The number of benzene rings is 2. The molecule has 9 heteroatoms. The quantitative estimate of drug-likeness (QED) is 0.587. The summed E-state index contributed by atoms with van der Waals surface area (Å²) in [4.78, 5) is 24.8. The average Bonchev–Trinajstić information content (AvgIpc) is 3.13. The molecule has 0 bridgehead atoms. The SMILES string of the molecule is COC(=O)c1cc(OC)ccc1NC(=O)CCc1ccc(S(=O)(=O)N2CCCCCC2)cc1. The van der Waals surface area contributed by atoms with Crippen LogP contribution in [0.5, 0.6) is 5.75 Å². The van der Waals surface area contributed by atoms with E-state index in [0.717, 1.165) is 31.2 Å². The summed E-state index contributed by atoms with van der Waals surface area (Å²) in [6.45, 7) is 1.12. The highest BCUT2D eigenvalue weighted by Crippen LogP contribution is 2.24. The van der Waals surface area contributed by atoms with E-state index >= 15 is 0 Å². The summed E-state index contributed by atoms with van der Waals surface area (Å²) in [5.74, 6) is -0.374. The third-order valence-corrected chi connectivity index (χ3v) is 7.59. The predicted molar refractivity (Wildman–Crippen MR) is 125 cm³/mol. The van der Waals surface area contributed by atoms with Crippen LogP contribution in [0.3, 0.4) is 0 Å². The van der Waals surface area contributed by atoms with E-state index in [9.17, 15) is 18.0 Å². The van der Waals surface area contributed by atoms with Crippen molar-refractivity contribution in [3.05, 3.63) is 53.6 Å². The number of ether oxygens (including phenoxy) is 2. The maximum Gasteiger partial charge on any atom is 0.340 e. The molecule has 0 aliphatic carbocycles. The number of hydrogen-bond acceptors (Lipinski definition) is 6. The zero-order chi connectivity index (χ0) is 23.8. The van der Waals surface area contributed by atoms with Gasteiger partial charge < -0.3 is 14.8 Å². The molecule has 0 spiro atoms. The molecule has 0 radical (unpaired) electrons. The lowest BCUT2D eigenvalue weighted by molar-refractivity contribution is -0.116. The van der Waals surface area contributed by atoms with E-state index in [-0.39, 0.29) is 22.8 Å². The van der Waals surface area contributed by atoms with Gasteiger partial charge in [-0.2, -0.15) is 4.31 Å². The number of nitrogens with one attached hydrogen (secondary N) is 1. The Hall–Kier alpha value is -2.91. The Morgan fingerprint density at radius 1 is 0.970 bits per heavy atom. The number of carbonyl (C=O) groups is 2. The van der Waals surface area contributed by atoms with Crippen molar-refractivity contribution in [3.8, 4) is 5.75 Å². The van der Waals surface area contributed by atoms with Crippen molar-refractivity contribution in [2.24, 2.45) is 0 Å². The number of nitrogens with zero attached hydrogens (tertiary/aromatic N) is 1. The Morgan fingerprint density at radius 3 is 2.24 bits per heavy atom. The Bertz CT molecular complexity index is 1070. The maximum atomic E-state index is 12.9. The van der Waals surface area contributed by atoms with E-state index in [1.807, 2.05) is 0 Å². The van der Waals surface area contributed by atoms with Gasteiger partial charge in [-0.3, -0.25) is 4.79 Å². The second kappa shape index (κ2) is 11.3. The summed E-state index contributed by atoms with van der Waals surface area (Å²) in [6.07, 6.45) is 4.50. The van der Waals surface area contributed by atoms with Gasteiger partial charge in [0.15, 0.2) is 0 Å². The van der Waals surface area contributed by atoms with Gasteiger partial charge >= 0.3 is 5.97 Å². The minimum atomic E-state index is -3.50. The number of amides is 1. The second-order valence-electron chi connectivity index (χ2n) is 7.91. The summed E-state index contributed by atoms with van der Waals surface area (Å²) in [5, 5.41) is 2.73. The van der Waals surface area contributed by atoms with Gasteiger partial charge in [-0.25, -0.2) is 13.2 Å². The molecule has 0 aromatic heterocycles. The highest BCUT2D eigenvalue weighted by atomic mass is 32.2. The Kier molecular flexibility index (Phi) is 8.46. The number of anilines is 1. The smallest absolute Gasteiger partial charge is 0.340 e. The van der Waals surface area contributed by atoms with E-state index in [1.54, 1.807) is 40.7 Å².